The largest absolute Gasteiger partial charge is 0.326 e. The van der Waals surface area contributed by atoms with Crippen LogP contribution >= 0.6 is 0 Å². The molecule has 0 amide bonds. The van der Waals surface area contributed by atoms with Gasteiger partial charge in [0.15, 0.2) is 0 Å². The van der Waals surface area contributed by atoms with Crippen LogP contribution < -0.4 is 5.73 Å². The van der Waals surface area contributed by atoms with E-state index < -0.39 is 0 Å². The molecule has 0 aliphatic carbocycles. The smallest absolute Gasteiger partial charge is 0.0178 e. The van der Waals surface area contributed by atoms with Crippen LogP contribution in [0.25, 0.3) is 11.1 Å². The van der Waals surface area contributed by atoms with Crippen molar-refractivity contribution in [3.63, 3.8) is 0 Å². The van der Waals surface area contributed by atoms with Gasteiger partial charge in [0.1, 0.15) is 0 Å². The minimum Gasteiger partial charge on any atom is -0.326 e. The maximum atomic E-state index is 5.58. The lowest BCUT2D eigenvalue weighted by atomic mass is 10.0. The van der Waals surface area contributed by atoms with Crippen molar-refractivity contribution in [2.45, 2.75) is 19.9 Å². The van der Waals surface area contributed by atoms with Gasteiger partial charge in [0.25, 0.3) is 0 Å². The summed E-state index contributed by atoms with van der Waals surface area (Å²) in [5.74, 6) is 0. The van der Waals surface area contributed by atoms with Crippen LogP contribution in [0.2, 0.25) is 0 Å². The SMILES string of the molecule is CCc1cccc(-c2ccc(CN)cc2)c1. The normalized spacial score (nSPS) is 10.4. The number of rotatable bonds is 3. The molecule has 1 heteroatoms. The van der Waals surface area contributed by atoms with E-state index in [1.54, 1.807) is 0 Å². The van der Waals surface area contributed by atoms with Crippen molar-refractivity contribution in [1.29, 1.82) is 0 Å². The summed E-state index contributed by atoms with van der Waals surface area (Å²) in [4.78, 5) is 0. The lowest BCUT2D eigenvalue weighted by Gasteiger charge is -2.05. The van der Waals surface area contributed by atoms with Crippen LogP contribution in [-0.4, -0.2) is 0 Å². The summed E-state index contributed by atoms with van der Waals surface area (Å²) in [6, 6.07) is 17.1. The average Bonchev–Trinajstić information content (AvgIpc) is 2.39. The molecule has 0 fully saturated rings. The molecular weight excluding hydrogens is 194 g/mol. The summed E-state index contributed by atoms with van der Waals surface area (Å²) >= 11 is 0. The highest BCUT2D eigenvalue weighted by molar-refractivity contribution is 5.64. The molecule has 2 aromatic carbocycles. The lowest BCUT2D eigenvalue weighted by molar-refractivity contribution is 1.07. The van der Waals surface area contributed by atoms with Crippen LogP contribution in [-0.2, 0) is 13.0 Å². The maximum Gasteiger partial charge on any atom is 0.0178 e. The van der Waals surface area contributed by atoms with Crippen molar-refractivity contribution in [1.82, 2.24) is 0 Å². The Hall–Kier alpha value is -1.60. The Bertz CT molecular complexity index is 457. The van der Waals surface area contributed by atoms with E-state index in [2.05, 4.69) is 55.5 Å². The predicted octanol–water partition coefficient (Wildman–Crippen LogP) is 3.37. The van der Waals surface area contributed by atoms with Crippen molar-refractivity contribution in [3.8, 4) is 11.1 Å². The Morgan fingerprint density at radius 2 is 1.62 bits per heavy atom. The molecule has 2 rings (SSSR count). The molecule has 0 saturated carbocycles. The number of hydrogen-bond acceptors (Lipinski definition) is 1. The highest BCUT2D eigenvalue weighted by Gasteiger charge is 1.98. The van der Waals surface area contributed by atoms with E-state index in [4.69, 9.17) is 5.73 Å². The first-order valence-corrected chi connectivity index (χ1v) is 5.72. The zero-order chi connectivity index (χ0) is 11.4. The third-order valence-corrected chi connectivity index (χ3v) is 2.86. The molecule has 0 heterocycles. The van der Waals surface area contributed by atoms with Crippen LogP contribution in [0.5, 0.6) is 0 Å². The zero-order valence-corrected chi connectivity index (χ0v) is 9.61. The van der Waals surface area contributed by atoms with Gasteiger partial charge in [0.05, 0.1) is 0 Å². The van der Waals surface area contributed by atoms with E-state index in [0.717, 1.165) is 6.42 Å². The second-order valence-corrected chi connectivity index (χ2v) is 3.95. The van der Waals surface area contributed by atoms with E-state index >= 15 is 0 Å². The molecule has 1 nitrogen and oxygen atoms in total. The van der Waals surface area contributed by atoms with Crippen molar-refractivity contribution in [2.24, 2.45) is 5.73 Å². The Morgan fingerprint density at radius 3 is 2.25 bits per heavy atom. The summed E-state index contributed by atoms with van der Waals surface area (Å²) in [5.41, 5.74) is 10.7. The summed E-state index contributed by atoms with van der Waals surface area (Å²) in [6.45, 7) is 2.78. The molecule has 2 aromatic rings. The fourth-order valence-electron chi connectivity index (χ4n) is 1.80. The Kier molecular flexibility index (Phi) is 3.37. The molecule has 0 spiro atoms. The summed E-state index contributed by atoms with van der Waals surface area (Å²) in [7, 11) is 0. The van der Waals surface area contributed by atoms with Crippen LogP contribution in [0, 0.1) is 0 Å². The first-order valence-electron chi connectivity index (χ1n) is 5.72. The molecule has 0 unspecified atom stereocenters. The summed E-state index contributed by atoms with van der Waals surface area (Å²) < 4.78 is 0. The molecule has 16 heavy (non-hydrogen) atoms. The zero-order valence-electron chi connectivity index (χ0n) is 9.61. The van der Waals surface area contributed by atoms with Crippen molar-refractivity contribution >= 4 is 0 Å². The molecule has 0 bridgehead atoms. The minimum absolute atomic E-state index is 0.606. The maximum absolute atomic E-state index is 5.58. The van der Waals surface area contributed by atoms with Gasteiger partial charge < -0.3 is 5.73 Å². The highest BCUT2D eigenvalue weighted by atomic mass is 14.5. The fraction of sp³-hybridized carbons (Fsp3) is 0.200. The second kappa shape index (κ2) is 4.95. The molecular formula is C15H17N. The molecule has 0 atom stereocenters. The van der Waals surface area contributed by atoms with Gasteiger partial charge in [-0.05, 0) is 28.7 Å². The molecule has 0 aliphatic heterocycles. The predicted molar refractivity (Wildman–Crippen MR) is 69.1 cm³/mol. The van der Waals surface area contributed by atoms with E-state index in [9.17, 15) is 0 Å². The van der Waals surface area contributed by atoms with E-state index in [-0.39, 0.29) is 0 Å². The van der Waals surface area contributed by atoms with Gasteiger partial charge in [-0.25, -0.2) is 0 Å². The van der Waals surface area contributed by atoms with Crippen LogP contribution in [0.15, 0.2) is 48.5 Å². The monoisotopic (exact) mass is 211 g/mol. The van der Waals surface area contributed by atoms with Crippen LogP contribution in [0.3, 0.4) is 0 Å². The number of aryl methyl sites for hydroxylation is 1. The Balaban J connectivity index is 2.34. The fourth-order valence-corrected chi connectivity index (χ4v) is 1.80. The van der Waals surface area contributed by atoms with Crippen molar-refractivity contribution < 1.29 is 0 Å². The molecule has 82 valence electrons. The van der Waals surface area contributed by atoms with E-state index in [1.807, 2.05) is 0 Å². The van der Waals surface area contributed by atoms with Gasteiger partial charge in [0, 0.05) is 6.54 Å². The number of hydrogen-bond donors (Lipinski definition) is 1. The highest BCUT2D eigenvalue weighted by Crippen LogP contribution is 2.21. The average molecular weight is 211 g/mol. The van der Waals surface area contributed by atoms with Crippen molar-refractivity contribution in [2.75, 3.05) is 0 Å². The molecule has 0 aliphatic rings. The standard InChI is InChI=1S/C15H17N/c1-2-12-4-3-5-15(10-12)14-8-6-13(11-16)7-9-14/h3-10H,2,11,16H2,1H3. The molecule has 0 radical (unpaired) electrons. The number of benzene rings is 2. The lowest BCUT2D eigenvalue weighted by Crippen LogP contribution is -1.95. The molecule has 2 N–H and O–H groups in total. The van der Waals surface area contributed by atoms with Gasteiger partial charge in [-0.1, -0.05) is 55.5 Å². The third-order valence-electron chi connectivity index (χ3n) is 2.86. The molecule has 0 aromatic heterocycles. The van der Waals surface area contributed by atoms with Gasteiger partial charge in [0.2, 0.25) is 0 Å². The van der Waals surface area contributed by atoms with E-state index in [0.29, 0.717) is 6.54 Å². The van der Waals surface area contributed by atoms with E-state index in [1.165, 1.54) is 22.3 Å². The van der Waals surface area contributed by atoms with Gasteiger partial charge in [-0.3, -0.25) is 0 Å². The quantitative estimate of drug-likeness (QED) is 0.827. The summed E-state index contributed by atoms with van der Waals surface area (Å²) in [6.07, 6.45) is 1.08. The second-order valence-electron chi connectivity index (χ2n) is 3.95. The number of nitrogens with two attached hydrogens (primary N) is 1. The van der Waals surface area contributed by atoms with Gasteiger partial charge >= 0.3 is 0 Å². The Morgan fingerprint density at radius 1 is 0.875 bits per heavy atom. The first-order chi connectivity index (χ1) is 7.83. The van der Waals surface area contributed by atoms with Crippen LogP contribution in [0.4, 0.5) is 0 Å². The van der Waals surface area contributed by atoms with Gasteiger partial charge in [-0.2, -0.15) is 0 Å². The van der Waals surface area contributed by atoms with Crippen LogP contribution in [0.1, 0.15) is 18.1 Å². The first kappa shape index (κ1) is 10.9. The third kappa shape index (κ3) is 2.31. The molecule has 0 saturated heterocycles. The topological polar surface area (TPSA) is 26.0 Å². The Labute approximate surface area is 96.9 Å². The summed E-state index contributed by atoms with van der Waals surface area (Å²) in [5, 5.41) is 0. The van der Waals surface area contributed by atoms with Crippen molar-refractivity contribution in [3.05, 3.63) is 59.7 Å². The minimum atomic E-state index is 0.606. The van der Waals surface area contributed by atoms with Gasteiger partial charge in [-0.15, -0.1) is 0 Å².